The molecule has 2 aromatic carbocycles. The number of nitrogens with zero attached hydrogens (tertiary/aromatic N) is 2. The number of rotatable bonds is 5. The van der Waals surface area contributed by atoms with Crippen LogP contribution in [-0.2, 0) is 0 Å². The van der Waals surface area contributed by atoms with Gasteiger partial charge in [-0.25, -0.2) is 4.39 Å². The van der Waals surface area contributed by atoms with E-state index in [-0.39, 0.29) is 5.82 Å². The average molecular weight is 315 g/mol. The van der Waals surface area contributed by atoms with E-state index in [0.717, 1.165) is 38.5 Å². The Labute approximate surface area is 136 Å². The maximum atomic E-state index is 13.8. The Morgan fingerprint density at radius 3 is 2.52 bits per heavy atom. The number of anilines is 2. The van der Waals surface area contributed by atoms with Crippen LogP contribution in [-0.4, -0.2) is 44.2 Å². The van der Waals surface area contributed by atoms with Crippen LogP contribution in [0.25, 0.3) is 0 Å². The lowest BCUT2D eigenvalue weighted by molar-refractivity contribution is 0.200. The number of piperazine rings is 1. The van der Waals surface area contributed by atoms with Gasteiger partial charge in [0, 0.05) is 44.5 Å². The maximum Gasteiger partial charge on any atom is 0.146 e. The molecule has 0 unspecified atom stereocenters. The minimum Gasteiger partial charge on any atom is -0.492 e. The zero-order chi connectivity index (χ0) is 16.1. The van der Waals surface area contributed by atoms with Crippen molar-refractivity contribution in [3.8, 4) is 5.75 Å². The van der Waals surface area contributed by atoms with E-state index in [1.54, 1.807) is 6.07 Å². The first-order valence-corrected chi connectivity index (χ1v) is 7.92. The van der Waals surface area contributed by atoms with Crippen LogP contribution >= 0.6 is 0 Å². The number of nitrogens with two attached hydrogens (primary N) is 1. The molecule has 5 heteroatoms. The molecule has 0 saturated carbocycles. The summed E-state index contributed by atoms with van der Waals surface area (Å²) in [4.78, 5) is 4.44. The number of ether oxygens (including phenoxy) is 1. The van der Waals surface area contributed by atoms with Crippen molar-refractivity contribution in [2.45, 2.75) is 0 Å². The van der Waals surface area contributed by atoms with Crippen LogP contribution in [0.15, 0.2) is 48.5 Å². The molecule has 2 N–H and O–H groups in total. The highest BCUT2D eigenvalue weighted by Crippen LogP contribution is 2.20. The maximum absolute atomic E-state index is 13.8. The summed E-state index contributed by atoms with van der Waals surface area (Å²) in [5.74, 6) is 0.654. The molecular weight excluding hydrogens is 293 g/mol. The third-order valence-electron chi connectivity index (χ3n) is 4.10. The third kappa shape index (κ3) is 4.13. The fourth-order valence-corrected chi connectivity index (χ4v) is 2.82. The molecule has 0 spiro atoms. The molecule has 0 radical (unpaired) electrons. The summed E-state index contributed by atoms with van der Waals surface area (Å²) < 4.78 is 19.5. The Morgan fingerprint density at radius 1 is 1.00 bits per heavy atom. The second kappa shape index (κ2) is 7.33. The van der Waals surface area contributed by atoms with E-state index in [2.05, 4.69) is 9.80 Å². The van der Waals surface area contributed by atoms with E-state index in [0.29, 0.717) is 18.0 Å². The SMILES string of the molecule is Nc1cccc(OCCN2CCN(c3ccccc3F)CC2)c1. The number of benzene rings is 2. The third-order valence-corrected chi connectivity index (χ3v) is 4.10. The van der Waals surface area contributed by atoms with Crippen LogP contribution in [0.2, 0.25) is 0 Å². The van der Waals surface area contributed by atoms with Crippen LogP contribution in [0, 0.1) is 5.82 Å². The van der Waals surface area contributed by atoms with Gasteiger partial charge in [-0.1, -0.05) is 18.2 Å². The summed E-state index contributed by atoms with van der Waals surface area (Å²) in [7, 11) is 0. The van der Waals surface area contributed by atoms with Crippen LogP contribution < -0.4 is 15.4 Å². The lowest BCUT2D eigenvalue weighted by Crippen LogP contribution is -2.47. The molecule has 0 atom stereocenters. The minimum atomic E-state index is -0.147. The predicted molar refractivity (Wildman–Crippen MR) is 91.4 cm³/mol. The lowest BCUT2D eigenvalue weighted by atomic mass is 10.2. The van der Waals surface area contributed by atoms with E-state index in [1.165, 1.54) is 6.07 Å². The predicted octanol–water partition coefficient (Wildman–Crippen LogP) is 2.61. The molecule has 1 heterocycles. The summed E-state index contributed by atoms with van der Waals surface area (Å²) in [6, 6.07) is 14.4. The number of hydrogen-bond acceptors (Lipinski definition) is 4. The number of halogens is 1. The van der Waals surface area contributed by atoms with Gasteiger partial charge in [0.25, 0.3) is 0 Å². The summed E-state index contributed by atoms with van der Waals surface area (Å²) in [6.45, 7) is 4.98. The molecule has 122 valence electrons. The Hall–Kier alpha value is -2.27. The van der Waals surface area contributed by atoms with E-state index >= 15 is 0 Å². The Kier molecular flexibility index (Phi) is 4.98. The second-order valence-corrected chi connectivity index (χ2v) is 5.70. The number of hydrogen-bond donors (Lipinski definition) is 1. The Balaban J connectivity index is 1.44. The molecular formula is C18H22FN3O. The van der Waals surface area contributed by atoms with Gasteiger partial charge in [0.05, 0.1) is 5.69 Å². The first kappa shape index (κ1) is 15.6. The monoisotopic (exact) mass is 315 g/mol. The van der Waals surface area contributed by atoms with Gasteiger partial charge in [0.1, 0.15) is 18.2 Å². The zero-order valence-electron chi connectivity index (χ0n) is 13.1. The normalized spacial score (nSPS) is 15.6. The van der Waals surface area contributed by atoms with Gasteiger partial charge >= 0.3 is 0 Å². The smallest absolute Gasteiger partial charge is 0.146 e. The molecule has 0 bridgehead atoms. The molecule has 4 nitrogen and oxygen atoms in total. The largest absolute Gasteiger partial charge is 0.492 e. The van der Waals surface area contributed by atoms with Crippen molar-refractivity contribution >= 4 is 11.4 Å². The molecule has 1 saturated heterocycles. The van der Waals surface area contributed by atoms with Gasteiger partial charge < -0.3 is 15.4 Å². The summed E-state index contributed by atoms with van der Waals surface area (Å²) in [6.07, 6.45) is 0. The van der Waals surface area contributed by atoms with Crippen LogP contribution in [0.3, 0.4) is 0 Å². The van der Waals surface area contributed by atoms with Crippen molar-refractivity contribution in [3.05, 3.63) is 54.3 Å². The van der Waals surface area contributed by atoms with Crippen molar-refractivity contribution in [3.63, 3.8) is 0 Å². The van der Waals surface area contributed by atoms with Crippen molar-refractivity contribution in [1.29, 1.82) is 0 Å². The Morgan fingerprint density at radius 2 is 1.78 bits per heavy atom. The van der Waals surface area contributed by atoms with Crippen LogP contribution in [0.1, 0.15) is 0 Å². The average Bonchev–Trinajstić information content (AvgIpc) is 2.56. The molecule has 0 aromatic heterocycles. The van der Waals surface area contributed by atoms with Gasteiger partial charge in [-0.2, -0.15) is 0 Å². The highest BCUT2D eigenvalue weighted by molar-refractivity contribution is 5.48. The standard InChI is InChI=1S/C18H22FN3O/c19-17-6-1-2-7-18(17)22-10-8-21(9-11-22)12-13-23-16-5-3-4-15(20)14-16/h1-7,14H,8-13,20H2. The topological polar surface area (TPSA) is 41.7 Å². The molecule has 0 aliphatic carbocycles. The first-order valence-electron chi connectivity index (χ1n) is 7.92. The number of nitrogen functional groups attached to an aromatic ring is 1. The van der Waals surface area contributed by atoms with Crippen molar-refractivity contribution < 1.29 is 9.13 Å². The fraction of sp³-hybridized carbons (Fsp3) is 0.333. The van der Waals surface area contributed by atoms with Gasteiger partial charge in [0.15, 0.2) is 0 Å². The zero-order valence-corrected chi connectivity index (χ0v) is 13.1. The van der Waals surface area contributed by atoms with Gasteiger partial charge in [0.2, 0.25) is 0 Å². The molecule has 2 aromatic rings. The molecule has 0 amide bonds. The first-order chi connectivity index (χ1) is 11.2. The fourth-order valence-electron chi connectivity index (χ4n) is 2.82. The Bertz CT molecular complexity index is 642. The van der Waals surface area contributed by atoms with E-state index in [9.17, 15) is 4.39 Å². The molecule has 1 aliphatic rings. The van der Waals surface area contributed by atoms with E-state index < -0.39 is 0 Å². The quantitative estimate of drug-likeness (QED) is 0.861. The second-order valence-electron chi connectivity index (χ2n) is 5.70. The summed E-state index contributed by atoms with van der Waals surface area (Å²) >= 11 is 0. The highest BCUT2D eigenvalue weighted by Gasteiger charge is 2.18. The van der Waals surface area contributed by atoms with E-state index in [1.807, 2.05) is 36.4 Å². The summed E-state index contributed by atoms with van der Waals surface area (Å²) in [5, 5.41) is 0. The molecule has 3 rings (SSSR count). The van der Waals surface area contributed by atoms with Gasteiger partial charge in [-0.05, 0) is 24.3 Å². The van der Waals surface area contributed by atoms with Crippen LogP contribution in [0.5, 0.6) is 5.75 Å². The highest BCUT2D eigenvalue weighted by atomic mass is 19.1. The van der Waals surface area contributed by atoms with Crippen LogP contribution in [0.4, 0.5) is 15.8 Å². The van der Waals surface area contributed by atoms with Crippen molar-refractivity contribution in [2.75, 3.05) is 50.0 Å². The van der Waals surface area contributed by atoms with Gasteiger partial charge in [-0.15, -0.1) is 0 Å². The van der Waals surface area contributed by atoms with Gasteiger partial charge in [-0.3, -0.25) is 4.90 Å². The summed E-state index contributed by atoms with van der Waals surface area (Å²) in [5.41, 5.74) is 7.14. The van der Waals surface area contributed by atoms with Crippen molar-refractivity contribution in [1.82, 2.24) is 4.90 Å². The van der Waals surface area contributed by atoms with Crippen molar-refractivity contribution in [2.24, 2.45) is 0 Å². The molecule has 23 heavy (non-hydrogen) atoms. The number of para-hydroxylation sites is 1. The van der Waals surface area contributed by atoms with E-state index in [4.69, 9.17) is 10.5 Å². The molecule has 1 fully saturated rings. The minimum absolute atomic E-state index is 0.147. The molecule has 1 aliphatic heterocycles. The lowest BCUT2D eigenvalue weighted by Gasteiger charge is -2.36.